The van der Waals surface area contributed by atoms with E-state index in [-0.39, 0.29) is 11.6 Å². The molecule has 5 nitrogen and oxygen atoms in total. The number of amides is 1. The van der Waals surface area contributed by atoms with Crippen molar-refractivity contribution in [1.29, 1.82) is 0 Å². The molecule has 21 heavy (non-hydrogen) atoms. The van der Waals surface area contributed by atoms with Crippen LogP contribution in [0.4, 0.5) is 11.4 Å². The number of nitrogens with zero attached hydrogens (tertiary/aromatic N) is 2. The van der Waals surface area contributed by atoms with E-state index in [9.17, 15) is 4.79 Å². The van der Waals surface area contributed by atoms with Gasteiger partial charge in [-0.25, -0.2) is 0 Å². The molecule has 0 radical (unpaired) electrons. The fraction of sp³-hybridized carbons (Fsp3) is 0.375. The molecule has 1 amide bonds. The van der Waals surface area contributed by atoms with Crippen LogP contribution in [0, 0.1) is 6.92 Å². The summed E-state index contributed by atoms with van der Waals surface area (Å²) in [6, 6.07) is 9.85. The Morgan fingerprint density at radius 2 is 2.00 bits per heavy atom. The molecule has 1 aromatic carbocycles. The monoisotopic (exact) mass is 287 g/mol. The van der Waals surface area contributed by atoms with Gasteiger partial charge in [-0.2, -0.15) is 0 Å². The third-order valence-electron chi connectivity index (χ3n) is 3.28. The van der Waals surface area contributed by atoms with Crippen LogP contribution in [0.3, 0.4) is 0 Å². The molecular formula is C16H21N3O2. The van der Waals surface area contributed by atoms with Crippen molar-refractivity contribution in [2.24, 2.45) is 0 Å². The first-order chi connectivity index (χ1) is 10.0. The smallest absolute Gasteiger partial charge is 0.277 e. The van der Waals surface area contributed by atoms with Gasteiger partial charge in [0.1, 0.15) is 5.76 Å². The fourth-order valence-corrected chi connectivity index (χ4v) is 2.25. The molecule has 0 aliphatic rings. The van der Waals surface area contributed by atoms with Gasteiger partial charge in [-0.1, -0.05) is 5.16 Å². The van der Waals surface area contributed by atoms with Crippen molar-refractivity contribution in [2.75, 3.05) is 16.8 Å². The van der Waals surface area contributed by atoms with E-state index in [0.29, 0.717) is 11.8 Å². The molecule has 0 bridgehead atoms. The van der Waals surface area contributed by atoms with Crippen molar-refractivity contribution in [2.45, 2.75) is 33.7 Å². The highest BCUT2D eigenvalue weighted by Gasteiger charge is 2.12. The van der Waals surface area contributed by atoms with Gasteiger partial charge in [0.05, 0.1) is 0 Å². The molecule has 0 unspecified atom stereocenters. The highest BCUT2D eigenvalue weighted by atomic mass is 16.5. The summed E-state index contributed by atoms with van der Waals surface area (Å²) < 4.78 is 4.90. The molecule has 1 aromatic heterocycles. The number of anilines is 2. The van der Waals surface area contributed by atoms with Gasteiger partial charge in [0.2, 0.25) is 0 Å². The minimum absolute atomic E-state index is 0.268. The topological polar surface area (TPSA) is 58.4 Å². The summed E-state index contributed by atoms with van der Waals surface area (Å²) in [6.45, 7) is 9.15. The van der Waals surface area contributed by atoms with E-state index in [4.69, 9.17) is 4.52 Å². The van der Waals surface area contributed by atoms with E-state index in [2.05, 4.69) is 36.1 Å². The number of aromatic nitrogens is 1. The van der Waals surface area contributed by atoms with Crippen LogP contribution in [0.5, 0.6) is 0 Å². The molecule has 0 saturated carbocycles. The minimum atomic E-state index is -0.268. The SMILES string of the molecule is CCN(c1ccc(NC(=O)c2cc(C)on2)cc1)C(C)C. The van der Waals surface area contributed by atoms with E-state index in [1.54, 1.807) is 13.0 Å². The number of carbonyl (C=O) groups excluding carboxylic acids is 1. The van der Waals surface area contributed by atoms with Crippen LogP contribution in [0.1, 0.15) is 37.0 Å². The summed E-state index contributed by atoms with van der Waals surface area (Å²) >= 11 is 0. The molecule has 2 rings (SSSR count). The predicted octanol–water partition coefficient (Wildman–Crippen LogP) is 3.47. The van der Waals surface area contributed by atoms with E-state index in [1.165, 1.54) is 0 Å². The van der Waals surface area contributed by atoms with Crippen molar-refractivity contribution in [3.8, 4) is 0 Å². The molecule has 1 N–H and O–H groups in total. The molecule has 112 valence electrons. The Hall–Kier alpha value is -2.30. The Kier molecular flexibility index (Phi) is 4.62. The number of hydrogen-bond acceptors (Lipinski definition) is 4. The first kappa shape index (κ1) is 15.1. The summed E-state index contributed by atoms with van der Waals surface area (Å²) in [5.41, 5.74) is 2.17. The standard InChI is InChI=1S/C16H21N3O2/c1-5-19(11(2)3)14-8-6-13(7-9-14)17-16(20)15-10-12(4)21-18-15/h6-11H,5H2,1-4H3,(H,17,20). The number of carbonyl (C=O) groups is 1. The Labute approximate surface area is 124 Å². The summed E-state index contributed by atoms with van der Waals surface area (Å²) in [5.74, 6) is 0.349. The van der Waals surface area contributed by atoms with E-state index in [1.807, 2.05) is 24.3 Å². The largest absolute Gasteiger partial charge is 0.369 e. The van der Waals surface area contributed by atoms with E-state index < -0.39 is 0 Å². The lowest BCUT2D eigenvalue weighted by Gasteiger charge is -2.27. The molecule has 0 atom stereocenters. The van der Waals surface area contributed by atoms with Gasteiger partial charge in [0.25, 0.3) is 5.91 Å². The Morgan fingerprint density at radius 3 is 2.48 bits per heavy atom. The summed E-state index contributed by atoms with van der Waals surface area (Å²) in [7, 11) is 0. The van der Waals surface area contributed by atoms with Crippen molar-refractivity contribution < 1.29 is 9.32 Å². The van der Waals surface area contributed by atoms with Crippen LogP contribution in [-0.4, -0.2) is 23.7 Å². The van der Waals surface area contributed by atoms with Crippen molar-refractivity contribution in [3.05, 3.63) is 41.8 Å². The molecule has 0 fully saturated rings. The quantitative estimate of drug-likeness (QED) is 0.914. The molecule has 0 spiro atoms. The van der Waals surface area contributed by atoms with Crippen LogP contribution in [0.15, 0.2) is 34.9 Å². The number of nitrogens with one attached hydrogen (secondary N) is 1. The Morgan fingerprint density at radius 1 is 1.33 bits per heavy atom. The van der Waals surface area contributed by atoms with Gasteiger partial charge < -0.3 is 14.7 Å². The molecule has 0 aliphatic heterocycles. The van der Waals surface area contributed by atoms with Crippen molar-refractivity contribution in [1.82, 2.24) is 5.16 Å². The zero-order chi connectivity index (χ0) is 15.4. The highest BCUT2D eigenvalue weighted by molar-refractivity contribution is 6.02. The summed E-state index contributed by atoms with van der Waals surface area (Å²) in [4.78, 5) is 14.3. The van der Waals surface area contributed by atoms with Crippen LogP contribution >= 0.6 is 0 Å². The van der Waals surface area contributed by atoms with Gasteiger partial charge >= 0.3 is 0 Å². The molecular weight excluding hydrogens is 266 g/mol. The Bertz CT molecular complexity index is 602. The van der Waals surface area contributed by atoms with Gasteiger partial charge in [0, 0.05) is 30.0 Å². The second-order valence-electron chi connectivity index (χ2n) is 5.20. The Balaban J connectivity index is 2.07. The normalized spacial score (nSPS) is 10.7. The van der Waals surface area contributed by atoms with E-state index in [0.717, 1.165) is 17.9 Å². The zero-order valence-electron chi connectivity index (χ0n) is 12.9. The van der Waals surface area contributed by atoms with Gasteiger partial charge in [-0.05, 0) is 52.0 Å². The maximum absolute atomic E-state index is 12.0. The molecule has 1 heterocycles. The number of rotatable bonds is 5. The fourth-order valence-electron chi connectivity index (χ4n) is 2.25. The number of hydrogen-bond donors (Lipinski definition) is 1. The first-order valence-electron chi connectivity index (χ1n) is 7.12. The maximum atomic E-state index is 12.0. The van der Waals surface area contributed by atoms with Gasteiger partial charge in [-0.15, -0.1) is 0 Å². The lowest BCUT2D eigenvalue weighted by Crippen LogP contribution is -2.30. The first-order valence-corrected chi connectivity index (χ1v) is 7.12. The summed E-state index contributed by atoms with van der Waals surface area (Å²) in [5, 5.41) is 6.50. The second kappa shape index (κ2) is 6.43. The third kappa shape index (κ3) is 3.62. The highest BCUT2D eigenvalue weighted by Crippen LogP contribution is 2.20. The maximum Gasteiger partial charge on any atom is 0.277 e. The van der Waals surface area contributed by atoms with Crippen LogP contribution in [0.2, 0.25) is 0 Å². The number of benzene rings is 1. The molecule has 5 heteroatoms. The average Bonchev–Trinajstić information content (AvgIpc) is 2.88. The van der Waals surface area contributed by atoms with E-state index >= 15 is 0 Å². The van der Waals surface area contributed by atoms with Crippen LogP contribution in [-0.2, 0) is 0 Å². The van der Waals surface area contributed by atoms with Crippen LogP contribution < -0.4 is 10.2 Å². The summed E-state index contributed by atoms with van der Waals surface area (Å²) in [6.07, 6.45) is 0. The predicted molar refractivity (Wildman–Crippen MR) is 83.8 cm³/mol. The molecule has 0 aliphatic carbocycles. The lowest BCUT2D eigenvalue weighted by atomic mass is 10.2. The molecule has 0 saturated heterocycles. The number of aryl methyl sites for hydroxylation is 1. The van der Waals surface area contributed by atoms with Crippen molar-refractivity contribution >= 4 is 17.3 Å². The lowest BCUT2D eigenvalue weighted by molar-refractivity contribution is 0.101. The zero-order valence-corrected chi connectivity index (χ0v) is 12.9. The minimum Gasteiger partial charge on any atom is -0.369 e. The second-order valence-corrected chi connectivity index (χ2v) is 5.20. The van der Waals surface area contributed by atoms with Gasteiger partial charge in [0.15, 0.2) is 5.69 Å². The average molecular weight is 287 g/mol. The van der Waals surface area contributed by atoms with Gasteiger partial charge in [-0.3, -0.25) is 4.79 Å². The molecule has 2 aromatic rings. The van der Waals surface area contributed by atoms with Crippen LogP contribution in [0.25, 0.3) is 0 Å². The van der Waals surface area contributed by atoms with Crippen molar-refractivity contribution in [3.63, 3.8) is 0 Å². The third-order valence-corrected chi connectivity index (χ3v) is 3.28.